The summed E-state index contributed by atoms with van der Waals surface area (Å²) in [6, 6.07) is 8.95. The topological polar surface area (TPSA) is 240 Å². The van der Waals surface area contributed by atoms with Crippen LogP contribution in [-0.2, 0) is 30.4 Å². The summed E-state index contributed by atoms with van der Waals surface area (Å²) in [4.78, 5) is 47.1. The highest BCUT2D eigenvalue weighted by atomic mass is 31.1. The van der Waals surface area contributed by atoms with Crippen LogP contribution in [0.4, 0.5) is 5.82 Å². The van der Waals surface area contributed by atoms with E-state index < -0.39 is 56.6 Å². The fraction of sp³-hybridized carbons (Fsp3) is 0.421. The zero-order valence-corrected chi connectivity index (χ0v) is 19.6. The Morgan fingerprint density at radius 3 is 2.81 bits per heavy atom. The summed E-state index contributed by atoms with van der Waals surface area (Å²) in [5.41, 5.74) is 11.9. The number of rotatable bonds is 10. The summed E-state index contributed by atoms with van der Waals surface area (Å²) < 4.78 is 19.6. The molecule has 0 amide bonds. The summed E-state index contributed by atoms with van der Waals surface area (Å²) in [6.45, 7) is 0.453. The van der Waals surface area contributed by atoms with Gasteiger partial charge in [-0.2, -0.15) is 9.87 Å². The molecule has 36 heavy (non-hydrogen) atoms. The van der Waals surface area contributed by atoms with Crippen LogP contribution in [0.25, 0.3) is 10.4 Å². The highest BCUT2D eigenvalue weighted by molar-refractivity contribution is 7.33. The minimum absolute atomic E-state index is 0.00626. The molecule has 16 nitrogen and oxygen atoms in total. The number of esters is 1. The fourth-order valence-corrected chi connectivity index (χ4v) is 3.69. The van der Waals surface area contributed by atoms with Gasteiger partial charge in [-0.05, 0) is 24.1 Å². The number of aromatic nitrogens is 2. The second-order valence-electron chi connectivity index (χ2n) is 7.48. The van der Waals surface area contributed by atoms with Gasteiger partial charge in [-0.25, -0.2) is 9.59 Å². The molecule has 1 aromatic carbocycles. The number of aliphatic hydroxyl groups excluding tert-OH is 2. The zero-order chi connectivity index (χ0) is 26.3. The molecule has 1 saturated heterocycles. The van der Waals surface area contributed by atoms with Crippen molar-refractivity contribution in [2.45, 2.75) is 43.7 Å². The minimum atomic E-state index is -2.92. The predicted molar refractivity (Wildman–Crippen MR) is 119 cm³/mol. The number of carbonyl (C=O) groups is 1. The molecule has 0 bridgehead atoms. The van der Waals surface area contributed by atoms with Crippen LogP contribution in [0, 0.1) is 0 Å². The molecule has 1 fully saturated rings. The van der Waals surface area contributed by atoms with E-state index in [1.165, 1.54) is 13.0 Å². The number of azide groups is 1. The van der Waals surface area contributed by atoms with Crippen molar-refractivity contribution in [3.05, 3.63) is 69.1 Å². The van der Waals surface area contributed by atoms with Gasteiger partial charge in [-0.3, -0.25) is 4.57 Å². The van der Waals surface area contributed by atoms with Crippen LogP contribution in [0.15, 0.2) is 57.2 Å². The summed E-state index contributed by atoms with van der Waals surface area (Å²) in [5.74, 6) is -0.854. The number of benzene rings is 1. The van der Waals surface area contributed by atoms with Gasteiger partial charge in [0.2, 0.25) is 5.72 Å². The fourth-order valence-electron chi connectivity index (χ4n) is 3.13. The lowest BCUT2D eigenvalue weighted by Crippen LogP contribution is -2.45. The second-order valence-corrected chi connectivity index (χ2v) is 8.34. The minimum Gasteiger partial charge on any atom is -0.581 e. The van der Waals surface area contributed by atoms with E-state index in [9.17, 15) is 24.7 Å². The van der Waals surface area contributed by atoms with E-state index in [1.54, 1.807) is 24.3 Å². The number of carbonyl (C=O) groups excluding carboxylic acids is 1. The average molecular weight is 523 g/mol. The van der Waals surface area contributed by atoms with Crippen LogP contribution < -0.4 is 16.3 Å². The molecule has 0 radical (unpaired) electrons. The second kappa shape index (κ2) is 12.0. The molecule has 1 aliphatic heterocycles. The van der Waals surface area contributed by atoms with Gasteiger partial charge in [0.15, 0.2) is 12.3 Å². The van der Waals surface area contributed by atoms with Crippen molar-refractivity contribution in [2.75, 3.05) is 12.3 Å². The standard InChI is InChI=1S/C19H22N7O9P/c1-11(17(29)32-9-12-5-3-2-4-6-12)23-36(31)35-33-10-19(24-25-21)15(28)14(27)16(34-19)26-8-7-13(20)22-18(26)30/h2-8,11,14-16,27-28H,9-10H2,1H3,(H2,20,22,30)/t11-,14-,15+,16-,19-/m1/s1. The molecule has 1 aromatic heterocycles. The maximum atomic E-state index is 12.1. The Morgan fingerprint density at radius 1 is 1.42 bits per heavy atom. The Morgan fingerprint density at radius 2 is 2.14 bits per heavy atom. The highest BCUT2D eigenvalue weighted by Crippen LogP contribution is 2.38. The third-order valence-electron chi connectivity index (χ3n) is 4.96. The first-order valence-electron chi connectivity index (χ1n) is 10.3. The van der Waals surface area contributed by atoms with Crippen molar-refractivity contribution < 1.29 is 38.9 Å². The first-order valence-corrected chi connectivity index (χ1v) is 11.4. The Labute approximate surface area is 204 Å². The van der Waals surface area contributed by atoms with Gasteiger partial charge >= 0.3 is 19.8 Å². The molecular formula is C19H22N7O9P. The number of hydrogen-bond donors (Lipinski definition) is 3. The van der Waals surface area contributed by atoms with Crippen molar-refractivity contribution in [1.29, 1.82) is 0 Å². The van der Waals surface area contributed by atoms with E-state index in [0.717, 1.165) is 16.3 Å². The lowest BCUT2D eigenvalue weighted by Gasteiger charge is -2.24. The van der Waals surface area contributed by atoms with Crippen LogP contribution >= 0.6 is 8.17 Å². The summed E-state index contributed by atoms with van der Waals surface area (Å²) in [6.07, 6.45) is -4.04. The van der Waals surface area contributed by atoms with E-state index in [2.05, 4.69) is 24.4 Å². The van der Waals surface area contributed by atoms with Crippen molar-refractivity contribution in [3.8, 4) is 0 Å². The smallest absolute Gasteiger partial charge is 0.382 e. The normalized spacial score (nSPS) is 24.7. The van der Waals surface area contributed by atoms with E-state index in [0.29, 0.717) is 0 Å². The number of ether oxygens (including phenoxy) is 2. The molecule has 1 unspecified atom stereocenters. The maximum absolute atomic E-state index is 12.1. The molecular weight excluding hydrogens is 501 g/mol. The molecule has 3 rings (SSSR count). The Balaban J connectivity index is 1.61. The quantitative estimate of drug-likeness (QED) is 0.0713. The van der Waals surface area contributed by atoms with Gasteiger partial charge in [0.1, 0.15) is 31.2 Å². The first kappa shape index (κ1) is 27.1. The van der Waals surface area contributed by atoms with Gasteiger partial charge in [0.25, 0.3) is 0 Å². The molecule has 192 valence electrons. The van der Waals surface area contributed by atoms with Gasteiger partial charge in [0.05, 0.1) is 0 Å². The van der Waals surface area contributed by atoms with Crippen molar-refractivity contribution in [3.63, 3.8) is 0 Å². The molecule has 0 saturated carbocycles. The molecule has 6 atom stereocenters. The highest BCUT2D eigenvalue weighted by Gasteiger charge is 2.56. The molecule has 4 N–H and O–H groups in total. The summed E-state index contributed by atoms with van der Waals surface area (Å²) >= 11 is 0. The number of hydrogen-bond acceptors (Lipinski definition) is 13. The van der Waals surface area contributed by atoms with Crippen molar-refractivity contribution >= 4 is 20.0 Å². The summed E-state index contributed by atoms with van der Waals surface area (Å²) in [5, 5.41) is 24.2. The van der Waals surface area contributed by atoms with Gasteiger partial charge < -0.3 is 30.3 Å². The monoisotopic (exact) mass is 523 g/mol. The SMILES string of the molecule is C[C@@H](N=[P+]([O-])OOC[C@@]1(N=[N+]=[N-])O[C@@H](n2ccc(N)nc2=O)[C@H](O)[C@@H]1O)C(=O)OCc1ccccc1. The molecule has 0 spiro atoms. The number of nitrogens with zero attached hydrogens (tertiary/aromatic N) is 6. The van der Waals surface area contributed by atoms with Crippen molar-refractivity contribution in [1.82, 2.24) is 9.55 Å². The zero-order valence-electron chi connectivity index (χ0n) is 18.7. The van der Waals surface area contributed by atoms with E-state index in [4.69, 9.17) is 25.6 Å². The largest absolute Gasteiger partial charge is 0.581 e. The van der Waals surface area contributed by atoms with Crippen LogP contribution in [0.5, 0.6) is 0 Å². The number of aliphatic hydroxyl groups is 2. The van der Waals surface area contributed by atoms with Gasteiger partial charge in [-0.1, -0.05) is 40.2 Å². The lowest BCUT2D eigenvalue weighted by atomic mass is 10.1. The predicted octanol–water partition coefficient (Wildman–Crippen LogP) is 0.0186. The molecule has 2 heterocycles. The third-order valence-corrected chi connectivity index (χ3v) is 5.72. The Bertz CT molecular complexity index is 1210. The van der Waals surface area contributed by atoms with Crippen LogP contribution in [0.1, 0.15) is 18.7 Å². The first-order chi connectivity index (χ1) is 17.2. The van der Waals surface area contributed by atoms with Crippen molar-refractivity contribution in [2.24, 2.45) is 9.86 Å². The van der Waals surface area contributed by atoms with Gasteiger partial charge in [-0.15, -0.1) is 0 Å². The third kappa shape index (κ3) is 6.40. The van der Waals surface area contributed by atoms with Crippen LogP contribution in [-0.4, -0.2) is 56.3 Å². The molecule has 2 aromatic rings. The molecule has 0 aliphatic carbocycles. The van der Waals surface area contributed by atoms with Crippen LogP contribution in [0.3, 0.4) is 0 Å². The van der Waals surface area contributed by atoms with E-state index >= 15 is 0 Å². The molecule has 1 aliphatic rings. The van der Waals surface area contributed by atoms with E-state index in [1.807, 2.05) is 6.07 Å². The maximum Gasteiger partial charge on any atom is 0.382 e. The van der Waals surface area contributed by atoms with E-state index in [-0.39, 0.29) is 12.4 Å². The number of anilines is 1. The Kier molecular flexibility index (Phi) is 9.03. The Hall–Kier alpha value is -3.46. The molecule has 17 heteroatoms. The average Bonchev–Trinajstić information content (AvgIpc) is 3.08. The number of nitrogen functional groups attached to an aromatic ring is 1. The van der Waals surface area contributed by atoms with Crippen LogP contribution in [0.2, 0.25) is 0 Å². The van der Waals surface area contributed by atoms with Gasteiger partial charge in [0, 0.05) is 15.8 Å². The number of nitrogens with two attached hydrogens (primary N) is 1. The summed E-state index contributed by atoms with van der Waals surface area (Å²) in [7, 11) is -2.92. The lowest BCUT2D eigenvalue weighted by molar-refractivity contribution is -0.291.